The van der Waals surface area contributed by atoms with Crippen LogP contribution in [-0.2, 0) is 4.79 Å². The second-order valence-corrected chi connectivity index (χ2v) is 7.53. The number of para-hydroxylation sites is 2. The van der Waals surface area contributed by atoms with Gasteiger partial charge in [-0.25, -0.2) is 0 Å². The van der Waals surface area contributed by atoms with Gasteiger partial charge in [0.2, 0.25) is 0 Å². The third-order valence-corrected chi connectivity index (χ3v) is 4.94. The lowest BCUT2D eigenvalue weighted by molar-refractivity contribution is -0.692. The Morgan fingerprint density at radius 1 is 0.800 bits per heavy atom. The molecule has 0 fully saturated rings. The third kappa shape index (κ3) is 5.78. The highest BCUT2D eigenvalue weighted by atomic mass is 16.2. The lowest BCUT2D eigenvalue weighted by Gasteiger charge is -2.19. The standard InChI is InChI=1S/C25H27N3O2/c1-18(2)24(19-11-5-3-6-12-19)26-17-23(29)28-22-16-10-9-15-21(22)25(30)27-20-13-7-4-8-14-20/h3-16,18,24,26H,17H2,1-2H3,(H,27,30)(H,28,29)/p+1/t24-/m0/s1. The van der Waals surface area contributed by atoms with Crippen molar-refractivity contribution in [2.75, 3.05) is 17.2 Å². The van der Waals surface area contributed by atoms with Gasteiger partial charge in [-0.15, -0.1) is 0 Å². The van der Waals surface area contributed by atoms with Gasteiger partial charge in [0.15, 0.2) is 6.54 Å². The van der Waals surface area contributed by atoms with E-state index < -0.39 is 0 Å². The number of rotatable bonds is 8. The molecule has 0 spiro atoms. The van der Waals surface area contributed by atoms with E-state index in [-0.39, 0.29) is 24.4 Å². The van der Waals surface area contributed by atoms with Crippen LogP contribution in [0.3, 0.4) is 0 Å². The Hall–Kier alpha value is -3.44. The zero-order chi connectivity index (χ0) is 21.3. The van der Waals surface area contributed by atoms with Crippen molar-refractivity contribution in [2.24, 2.45) is 5.92 Å². The van der Waals surface area contributed by atoms with Crippen LogP contribution in [0.2, 0.25) is 0 Å². The van der Waals surface area contributed by atoms with E-state index >= 15 is 0 Å². The van der Waals surface area contributed by atoms with Gasteiger partial charge in [-0.05, 0) is 24.3 Å². The first-order valence-corrected chi connectivity index (χ1v) is 10.2. The van der Waals surface area contributed by atoms with E-state index in [9.17, 15) is 9.59 Å². The fraction of sp³-hybridized carbons (Fsp3) is 0.200. The normalized spacial score (nSPS) is 11.7. The maximum atomic E-state index is 12.7. The van der Waals surface area contributed by atoms with Crippen molar-refractivity contribution in [3.05, 3.63) is 96.1 Å². The van der Waals surface area contributed by atoms with Crippen molar-refractivity contribution in [1.29, 1.82) is 0 Å². The van der Waals surface area contributed by atoms with Gasteiger partial charge < -0.3 is 16.0 Å². The summed E-state index contributed by atoms with van der Waals surface area (Å²) in [6.45, 7) is 4.57. The molecular weight excluding hydrogens is 374 g/mol. The number of anilines is 2. The van der Waals surface area contributed by atoms with E-state index in [1.165, 1.54) is 5.56 Å². The zero-order valence-corrected chi connectivity index (χ0v) is 17.3. The van der Waals surface area contributed by atoms with Gasteiger partial charge in [0.1, 0.15) is 6.04 Å². The second kappa shape index (κ2) is 10.4. The molecule has 3 aromatic carbocycles. The summed E-state index contributed by atoms with van der Waals surface area (Å²) in [5.41, 5.74) is 2.84. The summed E-state index contributed by atoms with van der Waals surface area (Å²) in [7, 11) is 0. The van der Waals surface area contributed by atoms with Crippen molar-refractivity contribution < 1.29 is 14.9 Å². The molecule has 0 saturated carbocycles. The molecule has 0 aromatic heterocycles. The zero-order valence-electron chi connectivity index (χ0n) is 17.3. The fourth-order valence-corrected chi connectivity index (χ4v) is 3.41. The molecule has 0 aliphatic heterocycles. The molecular formula is C25H28N3O2+. The average molecular weight is 403 g/mol. The highest BCUT2D eigenvalue weighted by molar-refractivity contribution is 6.10. The van der Waals surface area contributed by atoms with Crippen LogP contribution in [0.25, 0.3) is 0 Å². The minimum atomic E-state index is -0.259. The number of nitrogens with one attached hydrogen (secondary N) is 2. The van der Waals surface area contributed by atoms with Crippen LogP contribution in [0, 0.1) is 5.92 Å². The predicted molar refractivity (Wildman–Crippen MR) is 120 cm³/mol. The molecule has 2 amide bonds. The van der Waals surface area contributed by atoms with Crippen molar-refractivity contribution in [3.8, 4) is 0 Å². The second-order valence-electron chi connectivity index (χ2n) is 7.53. The molecule has 30 heavy (non-hydrogen) atoms. The molecule has 4 N–H and O–H groups in total. The van der Waals surface area contributed by atoms with Crippen LogP contribution in [-0.4, -0.2) is 18.4 Å². The molecule has 0 aliphatic rings. The first-order chi connectivity index (χ1) is 14.5. The van der Waals surface area contributed by atoms with Crippen molar-refractivity contribution in [3.63, 3.8) is 0 Å². The third-order valence-electron chi connectivity index (χ3n) is 4.94. The number of nitrogens with two attached hydrogens (primary N) is 1. The van der Waals surface area contributed by atoms with E-state index in [2.05, 4.69) is 36.6 Å². The number of hydrogen-bond donors (Lipinski definition) is 3. The summed E-state index contributed by atoms with van der Waals surface area (Å²) in [5.74, 6) is -0.0221. The van der Waals surface area contributed by atoms with Gasteiger partial charge >= 0.3 is 0 Å². The molecule has 3 rings (SSSR count). The molecule has 1 atom stereocenters. The van der Waals surface area contributed by atoms with Crippen molar-refractivity contribution in [2.45, 2.75) is 19.9 Å². The smallest absolute Gasteiger partial charge is 0.279 e. The van der Waals surface area contributed by atoms with Crippen molar-refractivity contribution in [1.82, 2.24) is 0 Å². The SMILES string of the molecule is CC(C)[C@H]([NH2+]CC(=O)Nc1ccccc1C(=O)Nc1ccccc1)c1ccccc1. The van der Waals surface area contributed by atoms with Crippen LogP contribution >= 0.6 is 0 Å². The van der Waals surface area contributed by atoms with Crippen LogP contribution in [0.4, 0.5) is 11.4 Å². The molecule has 154 valence electrons. The quantitative estimate of drug-likeness (QED) is 0.536. The Balaban J connectivity index is 1.65. The van der Waals surface area contributed by atoms with Gasteiger partial charge in [-0.1, -0.05) is 74.5 Å². The number of hydrogen-bond acceptors (Lipinski definition) is 2. The molecule has 0 aliphatic carbocycles. The summed E-state index contributed by atoms with van der Waals surface area (Å²) in [5, 5.41) is 7.80. The maximum Gasteiger partial charge on any atom is 0.279 e. The first-order valence-electron chi connectivity index (χ1n) is 10.2. The lowest BCUT2D eigenvalue weighted by Crippen LogP contribution is -2.88. The van der Waals surface area contributed by atoms with Crippen LogP contribution < -0.4 is 16.0 Å². The Morgan fingerprint density at radius 2 is 1.40 bits per heavy atom. The predicted octanol–water partition coefficient (Wildman–Crippen LogP) is 3.84. The molecule has 5 heteroatoms. The molecule has 0 radical (unpaired) electrons. The maximum absolute atomic E-state index is 12.7. The van der Waals surface area contributed by atoms with E-state index in [4.69, 9.17) is 0 Å². The Labute approximate surface area is 177 Å². The lowest BCUT2D eigenvalue weighted by atomic mass is 9.96. The fourth-order valence-electron chi connectivity index (χ4n) is 3.41. The van der Waals surface area contributed by atoms with E-state index in [1.807, 2.05) is 53.8 Å². The number of amides is 2. The minimum Gasteiger partial charge on any atom is -0.332 e. The van der Waals surface area contributed by atoms with Gasteiger partial charge in [0, 0.05) is 17.2 Å². The molecule has 0 saturated heterocycles. The Morgan fingerprint density at radius 3 is 2.07 bits per heavy atom. The van der Waals surface area contributed by atoms with Crippen LogP contribution in [0.15, 0.2) is 84.9 Å². The summed E-state index contributed by atoms with van der Waals surface area (Å²) in [6.07, 6.45) is 0. The largest absolute Gasteiger partial charge is 0.332 e. The Kier molecular flexibility index (Phi) is 7.35. The molecule has 0 heterocycles. The highest BCUT2D eigenvalue weighted by Gasteiger charge is 2.21. The van der Waals surface area contributed by atoms with E-state index in [0.717, 1.165) is 0 Å². The molecule has 3 aromatic rings. The Bertz CT molecular complexity index is 972. The summed E-state index contributed by atoms with van der Waals surface area (Å²) in [4.78, 5) is 25.3. The first kappa shape index (κ1) is 21.3. The van der Waals surface area contributed by atoms with E-state index in [0.29, 0.717) is 22.9 Å². The summed E-state index contributed by atoms with van der Waals surface area (Å²) < 4.78 is 0. The summed E-state index contributed by atoms with van der Waals surface area (Å²) >= 11 is 0. The topological polar surface area (TPSA) is 74.8 Å². The van der Waals surface area contributed by atoms with Gasteiger partial charge in [-0.2, -0.15) is 0 Å². The molecule has 0 bridgehead atoms. The number of carbonyl (C=O) groups is 2. The average Bonchev–Trinajstić information content (AvgIpc) is 2.75. The monoisotopic (exact) mass is 402 g/mol. The molecule has 0 unspecified atom stereocenters. The number of quaternary nitrogens is 1. The minimum absolute atomic E-state index is 0.142. The molecule has 5 nitrogen and oxygen atoms in total. The highest BCUT2D eigenvalue weighted by Crippen LogP contribution is 2.18. The number of benzene rings is 3. The van der Waals surface area contributed by atoms with Gasteiger partial charge in [0.25, 0.3) is 11.8 Å². The number of carbonyl (C=O) groups excluding carboxylic acids is 2. The van der Waals surface area contributed by atoms with E-state index in [1.54, 1.807) is 24.3 Å². The van der Waals surface area contributed by atoms with Gasteiger partial charge in [-0.3, -0.25) is 9.59 Å². The van der Waals surface area contributed by atoms with Gasteiger partial charge in [0.05, 0.1) is 11.3 Å². The van der Waals surface area contributed by atoms with Crippen molar-refractivity contribution >= 4 is 23.2 Å². The van der Waals surface area contributed by atoms with Crippen LogP contribution in [0.5, 0.6) is 0 Å². The van der Waals surface area contributed by atoms with Crippen LogP contribution in [0.1, 0.15) is 35.8 Å². The summed E-state index contributed by atoms with van der Waals surface area (Å²) in [6, 6.07) is 26.7.